The molecule has 0 aliphatic heterocycles. The number of hydrogen-bond acceptors (Lipinski definition) is 4. The number of rotatable bonds is 5. The van der Waals surface area contributed by atoms with Crippen molar-refractivity contribution in [3.63, 3.8) is 0 Å². The summed E-state index contributed by atoms with van der Waals surface area (Å²) >= 11 is 0. The van der Waals surface area contributed by atoms with Crippen molar-refractivity contribution < 1.29 is 19.1 Å². The molecule has 2 aromatic carbocycles. The van der Waals surface area contributed by atoms with Crippen LogP contribution in [0.2, 0.25) is 0 Å². The van der Waals surface area contributed by atoms with E-state index in [-0.39, 0.29) is 5.91 Å². The fourth-order valence-corrected chi connectivity index (χ4v) is 3.83. The van der Waals surface area contributed by atoms with E-state index in [9.17, 15) is 14.4 Å². The number of nitrogens with one attached hydrogen (secondary N) is 3. The van der Waals surface area contributed by atoms with E-state index >= 15 is 0 Å². The zero-order valence-corrected chi connectivity index (χ0v) is 16.7. The Bertz CT molecular complexity index is 1130. The van der Waals surface area contributed by atoms with Crippen LogP contribution >= 0.6 is 0 Å². The molecule has 7 heteroatoms. The van der Waals surface area contributed by atoms with Crippen molar-refractivity contribution >= 4 is 34.4 Å². The monoisotopic (exact) mass is 405 g/mol. The standard InChI is InChI=1S/C23H23N3O4/c1-24-22(28)14-5-4-6-16(11-14)25-21(27)13-30-23(29)15-9-10-20-18(12-15)17-7-2-3-8-19(17)26-20/h4-6,9-12,26H,2-3,7-8,13H2,1H3,(H,24,28)(H,25,27). The van der Waals surface area contributed by atoms with Gasteiger partial charge in [-0.25, -0.2) is 4.79 Å². The molecular weight excluding hydrogens is 382 g/mol. The first-order chi connectivity index (χ1) is 14.5. The van der Waals surface area contributed by atoms with Gasteiger partial charge >= 0.3 is 5.97 Å². The predicted molar refractivity (Wildman–Crippen MR) is 114 cm³/mol. The minimum Gasteiger partial charge on any atom is -0.452 e. The van der Waals surface area contributed by atoms with E-state index in [4.69, 9.17) is 4.74 Å². The topological polar surface area (TPSA) is 100 Å². The van der Waals surface area contributed by atoms with Gasteiger partial charge in [0.2, 0.25) is 0 Å². The van der Waals surface area contributed by atoms with E-state index < -0.39 is 18.5 Å². The fraction of sp³-hybridized carbons (Fsp3) is 0.261. The van der Waals surface area contributed by atoms with Gasteiger partial charge in [-0.1, -0.05) is 6.07 Å². The van der Waals surface area contributed by atoms with Crippen LogP contribution in [0.5, 0.6) is 0 Å². The van der Waals surface area contributed by atoms with Crippen LogP contribution in [0.3, 0.4) is 0 Å². The van der Waals surface area contributed by atoms with Gasteiger partial charge in [-0.15, -0.1) is 0 Å². The lowest BCUT2D eigenvalue weighted by Gasteiger charge is -2.10. The molecule has 3 aromatic rings. The van der Waals surface area contributed by atoms with E-state index in [2.05, 4.69) is 15.6 Å². The van der Waals surface area contributed by atoms with Crippen LogP contribution in [0.4, 0.5) is 5.69 Å². The summed E-state index contributed by atoms with van der Waals surface area (Å²) in [6.07, 6.45) is 4.36. The van der Waals surface area contributed by atoms with Crippen LogP contribution < -0.4 is 10.6 Å². The number of hydrogen-bond donors (Lipinski definition) is 3. The van der Waals surface area contributed by atoms with Crippen LogP contribution in [0.25, 0.3) is 10.9 Å². The first-order valence-corrected chi connectivity index (χ1v) is 9.98. The van der Waals surface area contributed by atoms with Gasteiger partial charge < -0.3 is 20.4 Å². The maximum absolute atomic E-state index is 12.5. The number of ether oxygens (including phenoxy) is 1. The highest BCUT2D eigenvalue weighted by Gasteiger charge is 2.18. The molecule has 1 aliphatic carbocycles. The lowest BCUT2D eigenvalue weighted by molar-refractivity contribution is -0.119. The van der Waals surface area contributed by atoms with Crippen molar-refractivity contribution in [3.05, 3.63) is 64.8 Å². The molecule has 154 valence electrons. The van der Waals surface area contributed by atoms with Crippen LogP contribution in [-0.2, 0) is 22.4 Å². The van der Waals surface area contributed by atoms with E-state index in [1.54, 1.807) is 30.3 Å². The Morgan fingerprint density at radius 2 is 1.87 bits per heavy atom. The molecule has 4 rings (SSSR count). The van der Waals surface area contributed by atoms with Gasteiger partial charge in [0.1, 0.15) is 0 Å². The lowest BCUT2D eigenvalue weighted by atomic mass is 9.95. The molecule has 0 unspecified atom stereocenters. The lowest BCUT2D eigenvalue weighted by Crippen LogP contribution is -2.22. The zero-order chi connectivity index (χ0) is 21.1. The number of aromatic amines is 1. The van der Waals surface area contributed by atoms with Gasteiger partial charge in [0.05, 0.1) is 5.56 Å². The summed E-state index contributed by atoms with van der Waals surface area (Å²) in [6.45, 7) is -0.410. The largest absolute Gasteiger partial charge is 0.452 e. The van der Waals surface area contributed by atoms with E-state index in [1.165, 1.54) is 24.7 Å². The molecule has 0 atom stereocenters. The summed E-state index contributed by atoms with van der Waals surface area (Å²) in [4.78, 5) is 39.7. The number of anilines is 1. The quantitative estimate of drug-likeness (QED) is 0.568. The minimum atomic E-state index is -0.545. The number of benzene rings is 2. The third kappa shape index (κ3) is 4.05. The summed E-state index contributed by atoms with van der Waals surface area (Å²) < 4.78 is 5.19. The van der Waals surface area contributed by atoms with Crippen molar-refractivity contribution in [2.75, 3.05) is 19.0 Å². The highest BCUT2D eigenvalue weighted by molar-refractivity contribution is 5.99. The van der Waals surface area contributed by atoms with Gasteiger partial charge in [0.15, 0.2) is 6.61 Å². The molecule has 1 aromatic heterocycles. The van der Waals surface area contributed by atoms with Gasteiger partial charge in [0.25, 0.3) is 11.8 Å². The van der Waals surface area contributed by atoms with Crippen LogP contribution in [-0.4, -0.2) is 36.4 Å². The maximum Gasteiger partial charge on any atom is 0.338 e. The van der Waals surface area contributed by atoms with Crippen molar-refractivity contribution in [2.45, 2.75) is 25.7 Å². The molecule has 0 bridgehead atoms. The number of aryl methyl sites for hydroxylation is 2. The number of fused-ring (bicyclic) bond motifs is 3. The third-order valence-electron chi connectivity index (χ3n) is 5.30. The Morgan fingerprint density at radius 1 is 1.03 bits per heavy atom. The molecular formula is C23H23N3O4. The van der Waals surface area contributed by atoms with Crippen molar-refractivity contribution in [2.24, 2.45) is 0 Å². The molecule has 1 aliphatic rings. The molecule has 30 heavy (non-hydrogen) atoms. The molecule has 0 saturated carbocycles. The summed E-state index contributed by atoms with van der Waals surface area (Å²) in [5, 5.41) is 6.21. The summed E-state index contributed by atoms with van der Waals surface area (Å²) in [5.41, 5.74) is 4.85. The Hall–Kier alpha value is -3.61. The summed E-state index contributed by atoms with van der Waals surface area (Å²) in [7, 11) is 1.54. The number of H-pyrrole nitrogens is 1. The Labute approximate surface area is 173 Å². The Morgan fingerprint density at radius 3 is 2.70 bits per heavy atom. The predicted octanol–water partition coefficient (Wildman–Crippen LogP) is 3.20. The molecule has 0 radical (unpaired) electrons. The van der Waals surface area contributed by atoms with Crippen molar-refractivity contribution in [3.8, 4) is 0 Å². The second-order valence-electron chi connectivity index (χ2n) is 7.33. The average molecular weight is 405 g/mol. The van der Waals surface area contributed by atoms with E-state index in [0.717, 1.165) is 30.2 Å². The number of carbonyl (C=O) groups excluding carboxylic acids is 3. The summed E-state index contributed by atoms with van der Waals surface area (Å²) in [6, 6.07) is 12.0. The normalized spacial score (nSPS) is 12.8. The third-order valence-corrected chi connectivity index (χ3v) is 5.30. The number of aromatic nitrogens is 1. The maximum atomic E-state index is 12.5. The van der Waals surface area contributed by atoms with Gasteiger partial charge in [-0.2, -0.15) is 0 Å². The SMILES string of the molecule is CNC(=O)c1cccc(NC(=O)COC(=O)c2ccc3[nH]c4c(c3c2)CCCC4)c1. The van der Waals surface area contributed by atoms with Crippen molar-refractivity contribution in [1.29, 1.82) is 0 Å². The zero-order valence-electron chi connectivity index (χ0n) is 16.7. The van der Waals surface area contributed by atoms with Crippen molar-refractivity contribution in [1.82, 2.24) is 10.3 Å². The van der Waals surface area contributed by atoms with Crippen LogP contribution in [0.1, 0.15) is 44.8 Å². The fourth-order valence-electron chi connectivity index (χ4n) is 3.83. The van der Waals surface area contributed by atoms with Gasteiger partial charge in [-0.05, 0) is 67.6 Å². The molecule has 1 heterocycles. The van der Waals surface area contributed by atoms with Gasteiger partial charge in [0, 0.05) is 34.9 Å². The molecule has 0 saturated heterocycles. The first-order valence-electron chi connectivity index (χ1n) is 9.98. The molecule has 7 nitrogen and oxygen atoms in total. The smallest absolute Gasteiger partial charge is 0.338 e. The Balaban J connectivity index is 1.40. The minimum absolute atomic E-state index is 0.250. The van der Waals surface area contributed by atoms with E-state index in [1.807, 2.05) is 12.1 Å². The molecule has 3 N–H and O–H groups in total. The van der Waals surface area contributed by atoms with E-state index in [0.29, 0.717) is 16.8 Å². The van der Waals surface area contributed by atoms with Crippen LogP contribution in [0.15, 0.2) is 42.5 Å². The number of amides is 2. The highest BCUT2D eigenvalue weighted by atomic mass is 16.5. The number of carbonyl (C=O) groups is 3. The first kappa shape index (κ1) is 19.7. The van der Waals surface area contributed by atoms with Crippen LogP contribution in [0, 0.1) is 0 Å². The number of esters is 1. The average Bonchev–Trinajstić information content (AvgIpc) is 3.15. The molecule has 0 fully saturated rings. The highest BCUT2D eigenvalue weighted by Crippen LogP contribution is 2.29. The second-order valence-corrected chi connectivity index (χ2v) is 7.33. The molecule has 0 spiro atoms. The van der Waals surface area contributed by atoms with Gasteiger partial charge in [-0.3, -0.25) is 9.59 Å². The molecule has 2 amide bonds. The summed E-state index contributed by atoms with van der Waals surface area (Å²) in [5.74, 6) is -1.27. The Kier molecular flexibility index (Phi) is 5.52. The second kappa shape index (κ2) is 8.41.